The molecule has 1 N–H and O–H groups in total. The van der Waals surface area contributed by atoms with Gasteiger partial charge in [-0.2, -0.15) is 0 Å². The van der Waals surface area contributed by atoms with Crippen LogP contribution >= 0.6 is 23.2 Å². The lowest BCUT2D eigenvalue weighted by molar-refractivity contribution is -0.111. The zero-order valence-electron chi connectivity index (χ0n) is 25.3. The van der Waals surface area contributed by atoms with Gasteiger partial charge in [-0.1, -0.05) is 29.8 Å². The highest BCUT2D eigenvalue weighted by Gasteiger charge is 2.40. The molecule has 13 heteroatoms. The van der Waals surface area contributed by atoms with Gasteiger partial charge in [-0.3, -0.25) is 9.20 Å². The average molecular weight is 662 g/mol. The topological polar surface area (TPSA) is 112 Å². The van der Waals surface area contributed by atoms with Crippen molar-refractivity contribution in [3.8, 4) is 17.1 Å². The van der Waals surface area contributed by atoms with Gasteiger partial charge in [0.15, 0.2) is 5.82 Å². The van der Waals surface area contributed by atoms with E-state index in [4.69, 9.17) is 52.1 Å². The number of methoxy groups -OCH3 is 3. The van der Waals surface area contributed by atoms with Crippen LogP contribution in [0.25, 0.3) is 33.6 Å². The number of imidazole rings is 1. The summed E-state index contributed by atoms with van der Waals surface area (Å²) in [6.07, 6.45) is 9.79. The number of pyridine rings is 1. The molecule has 3 aromatic heterocycles. The summed E-state index contributed by atoms with van der Waals surface area (Å²) in [5, 5.41) is 4.37. The van der Waals surface area contributed by atoms with Crippen molar-refractivity contribution in [1.29, 1.82) is 0 Å². The Balaban J connectivity index is 1.39. The van der Waals surface area contributed by atoms with Crippen LogP contribution in [0.4, 0.5) is 11.4 Å². The second-order valence-corrected chi connectivity index (χ2v) is 11.8. The summed E-state index contributed by atoms with van der Waals surface area (Å²) in [6, 6.07) is 5.88. The highest BCUT2D eigenvalue weighted by atomic mass is 35.5. The molecule has 2 atom stereocenters. The van der Waals surface area contributed by atoms with Gasteiger partial charge in [0.1, 0.15) is 28.6 Å². The van der Waals surface area contributed by atoms with E-state index in [-0.39, 0.29) is 18.1 Å². The van der Waals surface area contributed by atoms with E-state index in [9.17, 15) is 4.79 Å². The van der Waals surface area contributed by atoms with E-state index in [1.165, 1.54) is 6.08 Å². The quantitative estimate of drug-likeness (QED) is 0.226. The number of rotatable bonds is 8. The number of carbonyl (C=O) groups excluding carboxylic acids is 1. The molecule has 11 nitrogen and oxygen atoms in total. The van der Waals surface area contributed by atoms with E-state index >= 15 is 0 Å². The zero-order valence-corrected chi connectivity index (χ0v) is 26.9. The fourth-order valence-electron chi connectivity index (χ4n) is 6.32. The Morgan fingerprint density at radius 1 is 1.09 bits per heavy atom. The molecule has 2 saturated heterocycles. The van der Waals surface area contributed by atoms with Gasteiger partial charge < -0.3 is 29.2 Å². The van der Waals surface area contributed by atoms with Crippen molar-refractivity contribution < 1.29 is 23.7 Å². The lowest BCUT2D eigenvalue weighted by atomic mass is 10.0. The first-order valence-electron chi connectivity index (χ1n) is 14.6. The molecule has 7 rings (SSSR count). The second kappa shape index (κ2) is 12.0. The fourth-order valence-corrected chi connectivity index (χ4v) is 7.07. The number of allylic oxidation sites excluding steroid dienone is 4. The normalized spacial score (nSPS) is 19.5. The van der Waals surface area contributed by atoms with Gasteiger partial charge in [0.25, 0.3) is 0 Å². The Kier molecular flexibility index (Phi) is 7.83. The molecule has 5 heterocycles. The number of nitrogens with zero attached hydrogens (tertiary/aromatic N) is 5. The summed E-state index contributed by atoms with van der Waals surface area (Å²) in [7, 11) is 4.72. The molecule has 0 radical (unpaired) electrons. The lowest BCUT2D eigenvalue weighted by Gasteiger charge is -2.31. The van der Waals surface area contributed by atoms with Crippen LogP contribution in [-0.2, 0) is 19.0 Å². The minimum absolute atomic E-state index is 0.164. The van der Waals surface area contributed by atoms with Crippen molar-refractivity contribution in [3.63, 3.8) is 0 Å². The highest BCUT2D eigenvalue weighted by Crippen LogP contribution is 2.44. The predicted octanol–water partition coefficient (Wildman–Crippen LogP) is 6.04. The van der Waals surface area contributed by atoms with E-state index < -0.39 is 0 Å². The summed E-state index contributed by atoms with van der Waals surface area (Å²) in [5.74, 6) is 1.65. The van der Waals surface area contributed by atoms with E-state index in [2.05, 4.69) is 21.8 Å². The molecule has 2 fully saturated rings. The number of nitrogens with one attached hydrogen (secondary N) is 1. The van der Waals surface area contributed by atoms with E-state index in [0.29, 0.717) is 85.3 Å². The Labute approximate surface area is 274 Å². The maximum Gasteiger partial charge on any atom is 0.247 e. The first-order chi connectivity index (χ1) is 22.3. The van der Waals surface area contributed by atoms with Gasteiger partial charge >= 0.3 is 0 Å². The number of halogens is 2. The molecule has 1 unspecified atom stereocenters. The van der Waals surface area contributed by atoms with Crippen LogP contribution < -0.4 is 15.0 Å². The molecule has 2 aliphatic heterocycles. The van der Waals surface area contributed by atoms with Crippen LogP contribution in [0.1, 0.15) is 18.4 Å². The number of benzene rings is 1. The Bertz CT molecular complexity index is 2020. The number of amides is 1. The number of aromatic nitrogens is 4. The van der Waals surface area contributed by atoms with Crippen molar-refractivity contribution in [2.24, 2.45) is 0 Å². The van der Waals surface area contributed by atoms with Gasteiger partial charge in [-0.05, 0) is 30.7 Å². The minimum atomic E-state index is -0.327. The Morgan fingerprint density at radius 3 is 2.63 bits per heavy atom. The van der Waals surface area contributed by atoms with Crippen LogP contribution in [0, 0.1) is 0 Å². The number of morpholine rings is 1. The smallest absolute Gasteiger partial charge is 0.247 e. The third kappa shape index (κ3) is 4.95. The van der Waals surface area contributed by atoms with Crippen molar-refractivity contribution >= 4 is 62.7 Å². The zero-order chi connectivity index (χ0) is 32.1. The minimum Gasteiger partial charge on any atom is -0.499 e. The van der Waals surface area contributed by atoms with Crippen LogP contribution in [0.15, 0.2) is 77.1 Å². The van der Waals surface area contributed by atoms with Gasteiger partial charge in [0.2, 0.25) is 5.91 Å². The third-order valence-corrected chi connectivity index (χ3v) is 9.30. The van der Waals surface area contributed by atoms with Gasteiger partial charge in [-0.25, -0.2) is 15.0 Å². The standard InChI is InChI=1S/C33H30Cl2N6O5/c1-5-27(42)38-22-12-20(26(45-4)13-23(22)41-15-19-11-18(41)16-46-19)31-37-14-17-10-21(33-36-8-9-40(33)32(17)39-31)28-29(34)24(43-2)6-7-25(44-3)30(28)35/h5-6,8-10,12-14,18-19H,1,7,11,15-16H2,2-4H3,(H,38,42)/t18-,19?/m0/s1. The molecule has 1 aliphatic carbocycles. The molecule has 1 aromatic carbocycles. The highest BCUT2D eigenvalue weighted by molar-refractivity contribution is 6.43. The van der Waals surface area contributed by atoms with Gasteiger partial charge in [0.05, 0.1) is 67.1 Å². The summed E-state index contributed by atoms with van der Waals surface area (Å²) < 4.78 is 24.7. The fraction of sp³-hybridized carbons (Fsp3) is 0.273. The van der Waals surface area contributed by atoms with E-state index in [0.717, 1.165) is 18.7 Å². The number of fused-ring (bicyclic) bond motifs is 5. The van der Waals surface area contributed by atoms with Crippen LogP contribution in [0.2, 0.25) is 0 Å². The van der Waals surface area contributed by atoms with Crippen molar-refractivity contribution in [3.05, 3.63) is 82.7 Å². The van der Waals surface area contributed by atoms with Crippen molar-refractivity contribution in [2.75, 3.05) is 44.7 Å². The average Bonchev–Trinajstić information content (AvgIpc) is 3.83. The molecule has 3 aliphatic rings. The number of anilines is 2. The van der Waals surface area contributed by atoms with Gasteiger partial charge in [-0.15, -0.1) is 0 Å². The Hall–Kier alpha value is -4.58. The molecule has 236 valence electrons. The molecule has 1 amide bonds. The maximum absolute atomic E-state index is 12.5. The molecule has 0 spiro atoms. The molecule has 46 heavy (non-hydrogen) atoms. The maximum atomic E-state index is 12.5. The Morgan fingerprint density at radius 2 is 1.93 bits per heavy atom. The van der Waals surface area contributed by atoms with Crippen LogP contribution in [0.3, 0.4) is 0 Å². The largest absolute Gasteiger partial charge is 0.499 e. The first kappa shape index (κ1) is 30.1. The first-order valence-corrected chi connectivity index (χ1v) is 15.3. The SMILES string of the molecule is C=CC(=O)Nc1cc(-c2ncc3cc(C4=C(Cl)C(OC)=CCC(OC)=C4Cl)c4nccn4c3n2)c(OC)cc1N1CC2C[C@H]1CO2. The predicted molar refractivity (Wildman–Crippen MR) is 177 cm³/mol. The summed E-state index contributed by atoms with van der Waals surface area (Å²) >= 11 is 13.8. The van der Waals surface area contributed by atoms with Crippen molar-refractivity contribution in [1.82, 2.24) is 19.4 Å². The molecule has 2 bridgehead atoms. The second-order valence-electron chi connectivity index (χ2n) is 11.0. The monoisotopic (exact) mass is 660 g/mol. The van der Waals surface area contributed by atoms with Crippen LogP contribution in [-0.4, -0.2) is 71.9 Å². The summed E-state index contributed by atoms with van der Waals surface area (Å²) in [6.45, 7) is 4.99. The molecule has 0 saturated carbocycles. The number of hydrogen-bond acceptors (Lipinski definition) is 9. The number of carbonyl (C=O) groups is 1. The van der Waals surface area contributed by atoms with Crippen molar-refractivity contribution in [2.45, 2.75) is 25.0 Å². The van der Waals surface area contributed by atoms with Gasteiger partial charge in [0, 0.05) is 54.1 Å². The lowest BCUT2D eigenvalue weighted by Crippen LogP contribution is -2.37. The van der Waals surface area contributed by atoms with E-state index in [1.54, 1.807) is 33.7 Å². The molecule has 4 aromatic rings. The third-order valence-electron chi connectivity index (χ3n) is 8.53. The number of hydrogen-bond donors (Lipinski definition) is 1. The molecular weight excluding hydrogens is 631 g/mol. The van der Waals surface area contributed by atoms with Crippen LogP contribution in [0.5, 0.6) is 5.75 Å². The van der Waals surface area contributed by atoms with E-state index in [1.807, 2.05) is 34.9 Å². The summed E-state index contributed by atoms with van der Waals surface area (Å²) in [5.41, 5.74) is 4.39. The molecular formula is C33H30Cl2N6O5. The number of ether oxygens (including phenoxy) is 4. The summed E-state index contributed by atoms with van der Waals surface area (Å²) in [4.78, 5) is 29.1.